The van der Waals surface area contributed by atoms with Crippen molar-refractivity contribution in [1.82, 2.24) is 21.5 Å². The van der Waals surface area contributed by atoms with Crippen LogP contribution in [0.2, 0.25) is 0 Å². The number of hydrazine groups is 1. The molecule has 0 saturated heterocycles. The van der Waals surface area contributed by atoms with Crippen molar-refractivity contribution in [2.24, 2.45) is 0 Å². The summed E-state index contributed by atoms with van der Waals surface area (Å²) in [4.78, 5) is 35.4. The minimum Gasteiger partial charge on any atom is -0.478 e. The van der Waals surface area contributed by atoms with E-state index in [0.717, 1.165) is 19.3 Å². The third kappa shape index (κ3) is 7.56. The van der Waals surface area contributed by atoms with Crippen LogP contribution in [0.15, 0.2) is 11.6 Å². The van der Waals surface area contributed by atoms with Gasteiger partial charge in [0.1, 0.15) is 0 Å². The van der Waals surface area contributed by atoms with Gasteiger partial charge < -0.3 is 20.5 Å². The van der Waals surface area contributed by atoms with Crippen molar-refractivity contribution in [1.29, 1.82) is 0 Å². The molecule has 1 aliphatic carbocycles. The van der Waals surface area contributed by atoms with Gasteiger partial charge in [-0.25, -0.2) is 15.0 Å². The number of hydrogen-bond donors (Lipinski definition) is 5. The molecule has 0 aromatic carbocycles. The number of amides is 3. The molecule has 0 bridgehead atoms. The van der Waals surface area contributed by atoms with E-state index in [1.54, 1.807) is 0 Å². The zero-order chi connectivity index (χ0) is 20.4. The van der Waals surface area contributed by atoms with Crippen LogP contribution in [-0.4, -0.2) is 53.9 Å². The Bertz CT molecular complexity index is 548. The Morgan fingerprint density at radius 1 is 1.22 bits per heavy atom. The third-order valence-corrected chi connectivity index (χ3v) is 4.39. The first kappa shape index (κ1) is 22.9. The summed E-state index contributed by atoms with van der Waals surface area (Å²) in [5, 5.41) is 15.0. The first-order valence-corrected chi connectivity index (χ1v) is 9.48. The molecule has 0 heterocycles. The van der Waals surface area contributed by atoms with E-state index < -0.39 is 30.2 Å². The van der Waals surface area contributed by atoms with Crippen LogP contribution >= 0.6 is 0 Å². The highest BCUT2D eigenvalue weighted by atomic mass is 16.5. The molecule has 9 heteroatoms. The van der Waals surface area contributed by atoms with E-state index in [0.29, 0.717) is 6.54 Å². The number of nitrogens with one attached hydrogen (secondary N) is 4. The van der Waals surface area contributed by atoms with Crippen molar-refractivity contribution in [2.75, 3.05) is 6.54 Å². The Hall–Kier alpha value is -2.13. The zero-order valence-corrected chi connectivity index (χ0v) is 16.5. The van der Waals surface area contributed by atoms with E-state index in [2.05, 4.69) is 21.5 Å². The van der Waals surface area contributed by atoms with Gasteiger partial charge in [-0.3, -0.25) is 10.2 Å². The van der Waals surface area contributed by atoms with E-state index >= 15 is 0 Å². The maximum Gasteiger partial charge on any atom is 0.331 e. The monoisotopic (exact) mass is 384 g/mol. The average molecular weight is 384 g/mol. The van der Waals surface area contributed by atoms with Crippen LogP contribution < -0.4 is 21.5 Å². The summed E-state index contributed by atoms with van der Waals surface area (Å²) in [7, 11) is 0. The van der Waals surface area contributed by atoms with Gasteiger partial charge >= 0.3 is 12.0 Å². The molecule has 0 unspecified atom stereocenters. The Morgan fingerprint density at radius 3 is 2.41 bits per heavy atom. The van der Waals surface area contributed by atoms with E-state index in [9.17, 15) is 19.5 Å². The van der Waals surface area contributed by atoms with Gasteiger partial charge in [0.25, 0.3) is 0 Å². The first-order chi connectivity index (χ1) is 12.8. The van der Waals surface area contributed by atoms with Crippen molar-refractivity contribution >= 4 is 17.9 Å². The van der Waals surface area contributed by atoms with Gasteiger partial charge in [-0.15, -0.1) is 0 Å². The molecule has 154 valence electrons. The summed E-state index contributed by atoms with van der Waals surface area (Å²) >= 11 is 0. The van der Waals surface area contributed by atoms with Crippen LogP contribution in [0.5, 0.6) is 0 Å². The molecule has 3 amide bonds. The molecule has 27 heavy (non-hydrogen) atoms. The normalized spacial score (nSPS) is 22.1. The second-order valence-corrected chi connectivity index (χ2v) is 6.60. The number of aliphatic carboxylic acids is 1. The molecule has 0 spiro atoms. The SMILES string of the molecule is CCCNNC(=O)N[C@H]1CC(C(=O)O)=C[C@@H](OC(CC)CC)[C@@H]1NC(C)=O. The Kier molecular flexibility index (Phi) is 9.81. The number of ether oxygens (including phenoxy) is 1. The molecule has 0 radical (unpaired) electrons. The van der Waals surface area contributed by atoms with Gasteiger partial charge in [0.05, 0.1) is 24.3 Å². The molecule has 1 rings (SSSR count). The molecular formula is C18H32N4O5. The lowest BCUT2D eigenvalue weighted by atomic mass is 9.87. The highest BCUT2D eigenvalue weighted by Gasteiger charge is 2.38. The predicted octanol–water partition coefficient (Wildman–Crippen LogP) is 1.06. The summed E-state index contributed by atoms with van der Waals surface area (Å²) < 4.78 is 6.05. The molecule has 0 aromatic heterocycles. The summed E-state index contributed by atoms with van der Waals surface area (Å²) in [5.74, 6) is -1.34. The lowest BCUT2D eigenvalue weighted by molar-refractivity contribution is -0.133. The number of carbonyl (C=O) groups excluding carboxylic acids is 2. The Balaban J connectivity index is 3.02. The summed E-state index contributed by atoms with van der Waals surface area (Å²) in [5.41, 5.74) is 5.42. The van der Waals surface area contributed by atoms with Crippen molar-refractivity contribution in [3.63, 3.8) is 0 Å². The summed E-state index contributed by atoms with van der Waals surface area (Å²) in [6.07, 6.45) is 3.27. The molecule has 0 aromatic rings. The van der Waals surface area contributed by atoms with E-state index in [1.807, 2.05) is 20.8 Å². The molecule has 0 fully saturated rings. The van der Waals surface area contributed by atoms with E-state index in [1.165, 1.54) is 13.0 Å². The summed E-state index contributed by atoms with van der Waals surface area (Å²) in [6, 6.07) is -1.67. The fourth-order valence-electron chi connectivity index (χ4n) is 2.98. The van der Waals surface area contributed by atoms with Crippen molar-refractivity contribution < 1.29 is 24.2 Å². The number of carbonyl (C=O) groups is 3. The standard InChI is InChI=1S/C18H32N4O5/c1-5-8-19-22-18(26)21-14-9-12(17(24)25)10-15(16(14)20-11(4)23)27-13(6-2)7-3/h10,13-16,19H,5-9H2,1-4H3,(H,20,23)(H,24,25)(H2,21,22,26)/t14-,15+,16+/m0/s1. The number of carboxylic acid groups (broad SMARTS) is 1. The number of hydrogen-bond acceptors (Lipinski definition) is 5. The Morgan fingerprint density at radius 2 is 1.89 bits per heavy atom. The number of rotatable bonds is 10. The molecule has 1 aliphatic rings. The molecule has 0 aliphatic heterocycles. The second kappa shape index (κ2) is 11.6. The van der Waals surface area contributed by atoms with Crippen LogP contribution in [0.3, 0.4) is 0 Å². The number of urea groups is 1. The van der Waals surface area contributed by atoms with Gasteiger partial charge in [-0.2, -0.15) is 0 Å². The smallest absolute Gasteiger partial charge is 0.331 e. The average Bonchev–Trinajstić information content (AvgIpc) is 2.61. The van der Waals surface area contributed by atoms with Gasteiger partial charge in [0.15, 0.2) is 0 Å². The lowest BCUT2D eigenvalue weighted by Crippen LogP contribution is -2.61. The van der Waals surface area contributed by atoms with Crippen LogP contribution in [0, 0.1) is 0 Å². The lowest BCUT2D eigenvalue weighted by Gasteiger charge is -2.38. The maximum atomic E-state index is 12.1. The highest BCUT2D eigenvalue weighted by Crippen LogP contribution is 2.24. The van der Waals surface area contributed by atoms with Gasteiger partial charge in [-0.05, 0) is 25.3 Å². The number of carboxylic acids is 1. The minimum absolute atomic E-state index is 0.0728. The van der Waals surface area contributed by atoms with Crippen LogP contribution in [0.1, 0.15) is 53.4 Å². The maximum absolute atomic E-state index is 12.1. The van der Waals surface area contributed by atoms with Gasteiger partial charge in [0, 0.05) is 25.5 Å². The van der Waals surface area contributed by atoms with E-state index in [4.69, 9.17) is 4.74 Å². The predicted molar refractivity (Wildman–Crippen MR) is 101 cm³/mol. The fraction of sp³-hybridized carbons (Fsp3) is 0.722. The molecule has 3 atom stereocenters. The minimum atomic E-state index is -1.06. The van der Waals surface area contributed by atoms with Crippen molar-refractivity contribution in [2.45, 2.75) is 77.7 Å². The second-order valence-electron chi connectivity index (χ2n) is 6.60. The third-order valence-electron chi connectivity index (χ3n) is 4.39. The Labute approximate surface area is 160 Å². The van der Waals surface area contributed by atoms with Crippen molar-refractivity contribution in [3.8, 4) is 0 Å². The fourth-order valence-corrected chi connectivity index (χ4v) is 2.98. The molecular weight excluding hydrogens is 352 g/mol. The highest BCUT2D eigenvalue weighted by molar-refractivity contribution is 5.87. The van der Waals surface area contributed by atoms with Crippen LogP contribution in [0.25, 0.3) is 0 Å². The molecule has 9 nitrogen and oxygen atoms in total. The first-order valence-electron chi connectivity index (χ1n) is 9.48. The summed E-state index contributed by atoms with van der Waals surface area (Å²) in [6.45, 7) is 7.91. The quantitative estimate of drug-likeness (QED) is 0.283. The van der Waals surface area contributed by atoms with Crippen molar-refractivity contribution in [3.05, 3.63) is 11.6 Å². The zero-order valence-electron chi connectivity index (χ0n) is 16.5. The van der Waals surface area contributed by atoms with Crippen LogP contribution in [0.4, 0.5) is 4.79 Å². The van der Waals surface area contributed by atoms with Gasteiger partial charge in [-0.1, -0.05) is 20.8 Å². The topological polar surface area (TPSA) is 129 Å². The largest absolute Gasteiger partial charge is 0.478 e. The molecule has 5 N–H and O–H groups in total. The van der Waals surface area contributed by atoms with Gasteiger partial charge in [0.2, 0.25) is 5.91 Å². The van der Waals surface area contributed by atoms with E-state index in [-0.39, 0.29) is 24.0 Å². The van der Waals surface area contributed by atoms with Crippen LogP contribution in [-0.2, 0) is 14.3 Å². The molecule has 0 saturated carbocycles.